The molecule has 0 bridgehead atoms. The molecule has 0 saturated carbocycles. The highest BCUT2D eigenvalue weighted by Crippen LogP contribution is 2.26. The minimum atomic E-state index is -0.636. The van der Waals surface area contributed by atoms with Crippen LogP contribution in [0.1, 0.15) is 46.7 Å². The fourth-order valence-electron chi connectivity index (χ4n) is 2.49. The molecule has 5 nitrogen and oxygen atoms in total. The van der Waals surface area contributed by atoms with Gasteiger partial charge in [0.05, 0.1) is 12.2 Å². The van der Waals surface area contributed by atoms with E-state index in [-0.39, 0.29) is 12.0 Å². The summed E-state index contributed by atoms with van der Waals surface area (Å²) in [7, 11) is 0. The van der Waals surface area contributed by atoms with E-state index in [9.17, 15) is 9.59 Å². The lowest BCUT2D eigenvalue weighted by atomic mass is 9.82. The molecule has 0 unspecified atom stereocenters. The first-order valence-electron chi connectivity index (χ1n) is 7.09. The van der Waals surface area contributed by atoms with Crippen LogP contribution in [0.4, 0.5) is 0 Å². The number of carbonyl (C=O) groups is 2. The molecule has 21 heavy (non-hydrogen) atoms. The molecule has 0 aliphatic rings. The van der Waals surface area contributed by atoms with E-state index in [1.54, 1.807) is 18.3 Å². The third kappa shape index (κ3) is 6.88. The van der Waals surface area contributed by atoms with Gasteiger partial charge >= 0.3 is 11.8 Å². The first-order chi connectivity index (χ1) is 9.59. The predicted molar refractivity (Wildman–Crippen MR) is 82.4 cm³/mol. The van der Waals surface area contributed by atoms with Gasteiger partial charge in [0, 0.05) is 11.7 Å². The second-order valence-corrected chi connectivity index (χ2v) is 7.08. The Morgan fingerprint density at radius 3 is 2.29 bits per heavy atom. The topological polar surface area (TPSA) is 71.1 Å². The Hall–Kier alpha value is -1.91. The first-order valence-corrected chi connectivity index (χ1v) is 7.09. The largest absolute Gasteiger partial charge is 0.343 e. The summed E-state index contributed by atoms with van der Waals surface area (Å²) in [5, 5.41) is 5.35. The van der Waals surface area contributed by atoms with E-state index in [1.165, 1.54) is 0 Å². The van der Waals surface area contributed by atoms with Gasteiger partial charge in [-0.3, -0.25) is 14.6 Å². The minimum absolute atomic E-state index is 0.0706. The average Bonchev–Trinajstić information content (AvgIpc) is 2.33. The number of rotatable bonds is 4. The summed E-state index contributed by atoms with van der Waals surface area (Å²) in [6.07, 6.45) is 2.42. The third-order valence-corrected chi connectivity index (χ3v) is 2.79. The lowest BCUT2D eigenvalue weighted by Crippen LogP contribution is -2.51. The average molecular weight is 291 g/mol. The Balaban J connectivity index is 2.49. The van der Waals surface area contributed by atoms with Crippen LogP contribution in [-0.2, 0) is 16.1 Å². The zero-order valence-corrected chi connectivity index (χ0v) is 13.5. The Morgan fingerprint density at radius 1 is 1.10 bits per heavy atom. The zero-order chi connectivity index (χ0) is 16.1. The molecular formula is C16H25N3O2. The van der Waals surface area contributed by atoms with Crippen molar-refractivity contribution in [2.45, 2.75) is 53.1 Å². The van der Waals surface area contributed by atoms with Crippen LogP contribution in [0, 0.1) is 5.41 Å². The molecule has 2 amide bonds. The minimum Gasteiger partial charge on any atom is -0.343 e. The molecule has 0 saturated heterocycles. The van der Waals surface area contributed by atoms with Crippen LogP contribution < -0.4 is 10.6 Å². The molecule has 2 N–H and O–H groups in total. The summed E-state index contributed by atoms with van der Waals surface area (Å²) in [6, 6.07) is 5.43. The number of hydrogen-bond acceptors (Lipinski definition) is 3. The normalized spacial score (nSPS) is 11.9. The maximum atomic E-state index is 11.9. The molecular weight excluding hydrogens is 266 g/mol. The SMILES string of the molecule is CC(C)(C)CC(C)(C)NC(=O)C(=O)NCc1ccccn1. The molecule has 0 aliphatic carbocycles. The van der Waals surface area contributed by atoms with Crippen molar-refractivity contribution in [1.29, 1.82) is 0 Å². The van der Waals surface area contributed by atoms with Crippen molar-refractivity contribution < 1.29 is 9.59 Å². The van der Waals surface area contributed by atoms with E-state index in [1.807, 2.05) is 19.9 Å². The number of aromatic nitrogens is 1. The van der Waals surface area contributed by atoms with Crippen molar-refractivity contribution >= 4 is 11.8 Å². The van der Waals surface area contributed by atoms with Gasteiger partial charge in [-0.1, -0.05) is 26.8 Å². The summed E-state index contributed by atoms with van der Waals surface area (Å²) in [4.78, 5) is 27.8. The summed E-state index contributed by atoms with van der Waals surface area (Å²) in [5.41, 5.74) is 0.353. The van der Waals surface area contributed by atoms with Crippen molar-refractivity contribution in [2.24, 2.45) is 5.41 Å². The number of carbonyl (C=O) groups excluding carboxylic acids is 2. The Bertz CT molecular complexity index is 490. The van der Waals surface area contributed by atoms with E-state index >= 15 is 0 Å². The zero-order valence-electron chi connectivity index (χ0n) is 13.5. The van der Waals surface area contributed by atoms with E-state index < -0.39 is 17.4 Å². The predicted octanol–water partition coefficient (Wildman–Crippen LogP) is 2.03. The van der Waals surface area contributed by atoms with Crippen molar-refractivity contribution in [2.75, 3.05) is 0 Å². The molecule has 0 spiro atoms. The second-order valence-electron chi connectivity index (χ2n) is 7.08. The van der Waals surface area contributed by atoms with Gasteiger partial charge < -0.3 is 10.6 Å². The van der Waals surface area contributed by atoms with Gasteiger partial charge in [-0.15, -0.1) is 0 Å². The number of hydrogen-bond donors (Lipinski definition) is 2. The second kappa shape index (κ2) is 6.70. The molecule has 0 radical (unpaired) electrons. The van der Waals surface area contributed by atoms with E-state index in [0.29, 0.717) is 5.69 Å². The number of amides is 2. The molecule has 0 aromatic carbocycles. The summed E-state index contributed by atoms with van der Waals surface area (Å²) >= 11 is 0. The fourth-order valence-corrected chi connectivity index (χ4v) is 2.49. The lowest BCUT2D eigenvalue weighted by Gasteiger charge is -2.33. The smallest absolute Gasteiger partial charge is 0.309 e. The van der Waals surface area contributed by atoms with Crippen LogP contribution in [0.5, 0.6) is 0 Å². The van der Waals surface area contributed by atoms with Crippen LogP contribution in [0.2, 0.25) is 0 Å². The highest BCUT2D eigenvalue weighted by molar-refractivity contribution is 6.35. The molecule has 1 aromatic rings. The van der Waals surface area contributed by atoms with E-state index in [0.717, 1.165) is 6.42 Å². The lowest BCUT2D eigenvalue weighted by molar-refractivity contribution is -0.140. The monoisotopic (exact) mass is 291 g/mol. The molecule has 5 heteroatoms. The third-order valence-electron chi connectivity index (χ3n) is 2.79. The van der Waals surface area contributed by atoms with Gasteiger partial charge in [-0.05, 0) is 37.8 Å². The van der Waals surface area contributed by atoms with Crippen molar-refractivity contribution in [1.82, 2.24) is 15.6 Å². The van der Waals surface area contributed by atoms with E-state index in [2.05, 4.69) is 36.4 Å². The van der Waals surface area contributed by atoms with Gasteiger partial charge in [-0.25, -0.2) is 0 Å². The highest BCUT2D eigenvalue weighted by atomic mass is 16.2. The van der Waals surface area contributed by atoms with Crippen molar-refractivity contribution in [3.05, 3.63) is 30.1 Å². The maximum absolute atomic E-state index is 11.9. The Labute approximate surface area is 126 Å². The molecule has 1 rings (SSSR count). The van der Waals surface area contributed by atoms with Crippen LogP contribution in [0.15, 0.2) is 24.4 Å². The van der Waals surface area contributed by atoms with Gasteiger partial charge in [0.15, 0.2) is 0 Å². The van der Waals surface area contributed by atoms with Crippen molar-refractivity contribution in [3.8, 4) is 0 Å². The standard InChI is InChI=1S/C16H25N3O2/c1-15(2,3)11-16(4,5)19-14(21)13(20)18-10-12-8-6-7-9-17-12/h6-9H,10-11H2,1-5H3,(H,18,20)(H,19,21). The number of nitrogens with zero attached hydrogens (tertiary/aromatic N) is 1. The molecule has 1 heterocycles. The van der Waals surface area contributed by atoms with Crippen molar-refractivity contribution in [3.63, 3.8) is 0 Å². The van der Waals surface area contributed by atoms with Crippen LogP contribution >= 0.6 is 0 Å². The van der Waals surface area contributed by atoms with Gasteiger partial charge in [0.2, 0.25) is 0 Å². The molecule has 116 valence electrons. The number of pyridine rings is 1. The summed E-state index contributed by atoms with van der Waals surface area (Å²) in [5.74, 6) is -1.25. The molecule has 0 aliphatic heterocycles. The van der Waals surface area contributed by atoms with Crippen LogP contribution in [0.3, 0.4) is 0 Å². The van der Waals surface area contributed by atoms with Gasteiger partial charge in [0.1, 0.15) is 0 Å². The van der Waals surface area contributed by atoms with Crippen LogP contribution in [0.25, 0.3) is 0 Å². The molecule has 0 atom stereocenters. The first kappa shape index (κ1) is 17.1. The quantitative estimate of drug-likeness (QED) is 0.834. The van der Waals surface area contributed by atoms with Gasteiger partial charge in [0.25, 0.3) is 0 Å². The summed E-state index contributed by atoms with van der Waals surface area (Å²) in [6.45, 7) is 10.4. The molecule has 1 aromatic heterocycles. The highest BCUT2D eigenvalue weighted by Gasteiger charge is 2.29. The van der Waals surface area contributed by atoms with E-state index in [4.69, 9.17) is 0 Å². The summed E-state index contributed by atoms with van der Waals surface area (Å²) < 4.78 is 0. The number of nitrogens with one attached hydrogen (secondary N) is 2. The fraction of sp³-hybridized carbons (Fsp3) is 0.562. The molecule has 0 fully saturated rings. The maximum Gasteiger partial charge on any atom is 0.309 e. The Kier molecular flexibility index (Phi) is 5.47. The Morgan fingerprint density at radius 2 is 1.76 bits per heavy atom. The van der Waals surface area contributed by atoms with Gasteiger partial charge in [-0.2, -0.15) is 0 Å². The van der Waals surface area contributed by atoms with Crippen LogP contribution in [-0.4, -0.2) is 22.3 Å².